The number of ketones is 1. The van der Waals surface area contributed by atoms with Crippen molar-refractivity contribution in [1.82, 2.24) is 14.8 Å². The highest BCUT2D eigenvalue weighted by molar-refractivity contribution is 6.08. The predicted molar refractivity (Wildman–Crippen MR) is 125 cm³/mol. The Morgan fingerprint density at radius 2 is 1.85 bits per heavy atom. The molecule has 1 aliphatic heterocycles. The lowest BCUT2D eigenvalue weighted by atomic mass is 10.1. The molecule has 4 aromatic rings. The number of pyridine rings is 1. The molecule has 2 aromatic carbocycles. The van der Waals surface area contributed by atoms with Gasteiger partial charge in [0.05, 0.1) is 12.2 Å². The second-order valence-corrected chi connectivity index (χ2v) is 7.47. The molecule has 0 bridgehead atoms. The van der Waals surface area contributed by atoms with Gasteiger partial charge in [0, 0.05) is 41.0 Å². The smallest absolute Gasteiger partial charge is 0.414 e. The van der Waals surface area contributed by atoms with Gasteiger partial charge in [-0.1, -0.05) is 30.3 Å². The molecule has 5 rings (SSSR count). The SMILES string of the molecule is O=C(C=Cc1cn(-c2ccccc2)nc1-c1cccnc1)c1cccc(N2CCOC2=O)c1. The zero-order valence-corrected chi connectivity index (χ0v) is 17.7. The fourth-order valence-corrected chi connectivity index (χ4v) is 3.67. The summed E-state index contributed by atoms with van der Waals surface area (Å²) >= 11 is 0. The monoisotopic (exact) mass is 436 g/mol. The zero-order chi connectivity index (χ0) is 22.6. The van der Waals surface area contributed by atoms with Crippen LogP contribution in [-0.4, -0.2) is 39.8 Å². The first kappa shape index (κ1) is 20.4. The van der Waals surface area contributed by atoms with E-state index in [1.165, 1.54) is 11.0 Å². The van der Waals surface area contributed by atoms with E-state index in [1.807, 2.05) is 48.7 Å². The van der Waals surface area contributed by atoms with Gasteiger partial charge >= 0.3 is 6.09 Å². The third-order valence-electron chi connectivity index (χ3n) is 5.32. The molecular formula is C26H20N4O3. The van der Waals surface area contributed by atoms with E-state index in [2.05, 4.69) is 4.98 Å². The summed E-state index contributed by atoms with van der Waals surface area (Å²) in [6, 6.07) is 20.5. The van der Waals surface area contributed by atoms with Crippen molar-refractivity contribution in [3.63, 3.8) is 0 Å². The van der Waals surface area contributed by atoms with Gasteiger partial charge in [-0.05, 0) is 48.6 Å². The van der Waals surface area contributed by atoms with Gasteiger partial charge in [0.2, 0.25) is 0 Å². The number of aromatic nitrogens is 3. The lowest BCUT2D eigenvalue weighted by molar-refractivity contribution is 0.104. The summed E-state index contributed by atoms with van der Waals surface area (Å²) < 4.78 is 6.78. The number of anilines is 1. The molecule has 1 aliphatic rings. The van der Waals surface area contributed by atoms with Crippen molar-refractivity contribution >= 4 is 23.6 Å². The topological polar surface area (TPSA) is 77.3 Å². The van der Waals surface area contributed by atoms with Crippen LogP contribution in [0.1, 0.15) is 15.9 Å². The highest BCUT2D eigenvalue weighted by Crippen LogP contribution is 2.25. The molecule has 162 valence electrons. The number of cyclic esters (lactones) is 1. The number of para-hydroxylation sites is 1. The Morgan fingerprint density at radius 3 is 2.61 bits per heavy atom. The maximum atomic E-state index is 12.9. The molecule has 1 saturated heterocycles. The summed E-state index contributed by atoms with van der Waals surface area (Å²) in [5.74, 6) is -0.172. The number of amides is 1. The highest BCUT2D eigenvalue weighted by Gasteiger charge is 2.24. The summed E-state index contributed by atoms with van der Waals surface area (Å²) in [5, 5.41) is 4.73. The molecule has 33 heavy (non-hydrogen) atoms. The standard InChI is InChI=1S/C26H20N4O3/c31-24(19-6-4-10-23(16-19)29-14-15-33-26(29)32)12-11-21-18-30(22-8-2-1-3-9-22)28-25(21)20-7-5-13-27-17-20/h1-13,16-18H,14-15H2. The Kier molecular flexibility index (Phi) is 5.51. The van der Waals surface area contributed by atoms with Gasteiger partial charge in [-0.2, -0.15) is 5.10 Å². The molecule has 2 aromatic heterocycles. The van der Waals surface area contributed by atoms with Gasteiger partial charge < -0.3 is 4.74 Å². The Hall–Kier alpha value is -4.52. The first-order valence-corrected chi connectivity index (χ1v) is 10.5. The van der Waals surface area contributed by atoms with E-state index < -0.39 is 6.09 Å². The van der Waals surface area contributed by atoms with Crippen molar-refractivity contribution in [3.05, 3.63) is 103 Å². The number of carbonyl (C=O) groups excluding carboxylic acids is 2. The summed E-state index contributed by atoms with van der Waals surface area (Å²) in [6.07, 6.45) is 8.22. The van der Waals surface area contributed by atoms with Crippen LogP contribution in [-0.2, 0) is 4.74 Å². The summed E-state index contributed by atoms with van der Waals surface area (Å²) in [7, 11) is 0. The Bertz CT molecular complexity index is 1330. The van der Waals surface area contributed by atoms with Crippen LogP contribution >= 0.6 is 0 Å². The van der Waals surface area contributed by atoms with E-state index in [9.17, 15) is 9.59 Å². The highest BCUT2D eigenvalue weighted by atomic mass is 16.6. The average molecular weight is 436 g/mol. The molecule has 1 fully saturated rings. The van der Waals surface area contributed by atoms with Crippen molar-refractivity contribution in [2.24, 2.45) is 0 Å². The minimum Gasteiger partial charge on any atom is -0.447 e. The Labute approximate surface area is 190 Å². The van der Waals surface area contributed by atoms with Crippen molar-refractivity contribution in [1.29, 1.82) is 0 Å². The van der Waals surface area contributed by atoms with Crippen LogP contribution < -0.4 is 4.90 Å². The molecule has 1 amide bonds. The third kappa shape index (κ3) is 4.29. The normalized spacial score (nSPS) is 13.5. The molecule has 0 radical (unpaired) electrons. The number of carbonyl (C=O) groups is 2. The summed E-state index contributed by atoms with van der Waals surface area (Å²) in [6.45, 7) is 0.818. The van der Waals surface area contributed by atoms with Gasteiger partial charge in [0.15, 0.2) is 5.78 Å². The van der Waals surface area contributed by atoms with E-state index in [-0.39, 0.29) is 5.78 Å². The van der Waals surface area contributed by atoms with Crippen LogP contribution in [0.5, 0.6) is 0 Å². The number of allylic oxidation sites excluding steroid dienone is 1. The average Bonchev–Trinajstić information content (AvgIpc) is 3.50. The molecule has 7 heteroatoms. The van der Waals surface area contributed by atoms with Gasteiger partial charge in [0.25, 0.3) is 0 Å². The quantitative estimate of drug-likeness (QED) is 0.321. The van der Waals surface area contributed by atoms with Gasteiger partial charge in [0.1, 0.15) is 12.3 Å². The number of hydrogen-bond acceptors (Lipinski definition) is 5. The fourth-order valence-electron chi connectivity index (χ4n) is 3.67. The molecule has 0 aliphatic carbocycles. The number of hydrogen-bond donors (Lipinski definition) is 0. The number of ether oxygens (including phenoxy) is 1. The van der Waals surface area contributed by atoms with Crippen molar-refractivity contribution < 1.29 is 14.3 Å². The Balaban J connectivity index is 1.46. The van der Waals surface area contributed by atoms with Gasteiger partial charge in [-0.15, -0.1) is 0 Å². The number of rotatable bonds is 6. The summed E-state index contributed by atoms with van der Waals surface area (Å²) in [4.78, 5) is 30.5. The number of benzene rings is 2. The van der Waals surface area contributed by atoms with Crippen molar-refractivity contribution in [3.8, 4) is 16.9 Å². The molecule has 7 nitrogen and oxygen atoms in total. The van der Waals surface area contributed by atoms with E-state index in [0.29, 0.717) is 24.4 Å². The predicted octanol–water partition coefficient (Wildman–Crippen LogP) is 4.79. The largest absolute Gasteiger partial charge is 0.447 e. The lowest BCUT2D eigenvalue weighted by Crippen LogP contribution is -2.23. The van der Waals surface area contributed by atoms with Crippen molar-refractivity contribution in [2.45, 2.75) is 0 Å². The molecule has 0 N–H and O–H groups in total. The van der Waals surface area contributed by atoms with Crippen LogP contribution in [0, 0.1) is 0 Å². The van der Waals surface area contributed by atoms with Crippen LogP contribution in [0.3, 0.4) is 0 Å². The van der Waals surface area contributed by atoms with Gasteiger partial charge in [-0.25, -0.2) is 9.48 Å². The second kappa shape index (κ2) is 8.92. The fraction of sp³-hybridized carbons (Fsp3) is 0.0769. The third-order valence-corrected chi connectivity index (χ3v) is 5.32. The minimum absolute atomic E-state index is 0.172. The maximum Gasteiger partial charge on any atom is 0.414 e. The van der Waals surface area contributed by atoms with Crippen molar-refractivity contribution in [2.75, 3.05) is 18.1 Å². The van der Waals surface area contributed by atoms with E-state index in [0.717, 1.165) is 22.5 Å². The molecule has 0 saturated carbocycles. The van der Waals surface area contributed by atoms with Crippen LogP contribution in [0.2, 0.25) is 0 Å². The molecule has 0 unspecified atom stereocenters. The minimum atomic E-state index is -0.399. The summed E-state index contributed by atoms with van der Waals surface area (Å²) in [5.41, 5.74) is 4.42. The van der Waals surface area contributed by atoms with Gasteiger partial charge in [-0.3, -0.25) is 14.7 Å². The first-order chi connectivity index (χ1) is 16.2. The van der Waals surface area contributed by atoms with E-state index in [4.69, 9.17) is 9.84 Å². The molecule has 0 atom stereocenters. The van der Waals surface area contributed by atoms with Crippen LogP contribution in [0.4, 0.5) is 10.5 Å². The molecular weight excluding hydrogens is 416 g/mol. The second-order valence-electron chi connectivity index (χ2n) is 7.47. The van der Waals surface area contributed by atoms with Crippen LogP contribution in [0.15, 0.2) is 91.4 Å². The number of nitrogens with zero attached hydrogens (tertiary/aromatic N) is 4. The first-order valence-electron chi connectivity index (χ1n) is 10.5. The lowest BCUT2D eigenvalue weighted by Gasteiger charge is -2.13. The Morgan fingerprint density at radius 1 is 1.00 bits per heavy atom. The molecule has 3 heterocycles. The van der Waals surface area contributed by atoms with E-state index >= 15 is 0 Å². The van der Waals surface area contributed by atoms with Crippen LogP contribution in [0.25, 0.3) is 23.0 Å². The van der Waals surface area contributed by atoms with E-state index in [1.54, 1.807) is 47.4 Å². The molecule has 0 spiro atoms. The zero-order valence-electron chi connectivity index (χ0n) is 17.7. The maximum absolute atomic E-state index is 12.9.